The van der Waals surface area contributed by atoms with E-state index in [0.29, 0.717) is 5.69 Å². The van der Waals surface area contributed by atoms with E-state index in [-0.39, 0.29) is 16.5 Å². The first kappa shape index (κ1) is 17.1. The molecule has 0 bridgehead atoms. The van der Waals surface area contributed by atoms with E-state index in [9.17, 15) is 12.8 Å². The van der Waals surface area contributed by atoms with E-state index in [1.54, 1.807) is 23.1 Å². The fourth-order valence-corrected chi connectivity index (χ4v) is 4.06. The molecule has 0 aliphatic heterocycles. The second kappa shape index (κ2) is 6.64. The molecule has 3 aromatic rings. The maximum Gasteiger partial charge on any atom is 0.240 e. The van der Waals surface area contributed by atoms with E-state index in [1.165, 1.54) is 6.07 Å². The first-order valence-electron chi connectivity index (χ1n) is 6.88. The van der Waals surface area contributed by atoms with Crippen molar-refractivity contribution in [2.24, 2.45) is 7.05 Å². The van der Waals surface area contributed by atoms with Crippen molar-refractivity contribution in [3.05, 3.63) is 58.3 Å². The standard InChI is InChI=1S/C15H13ClFN3O2S2/c1-20-10(7-14(19-20)15-3-2-6-23-15)9-18-24(21,22)11-4-5-13(17)12(16)8-11/h2-8,18H,9H2,1H3. The molecule has 126 valence electrons. The summed E-state index contributed by atoms with van der Waals surface area (Å²) < 4.78 is 41.9. The van der Waals surface area contributed by atoms with Crippen LogP contribution in [0.2, 0.25) is 5.02 Å². The van der Waals surface area contributed by atoms with E-state index in [1.807, 2.05) is 23.6 Å². The van der Waals surface area contributed by atoms with Crippen molar-refractivity contribution < 1.29 is 12.8 Å². The molecule has 1 N–H and O–H groups in total. The maximum atomic E-state index is 13.2. The quantitative estimate of drug-likeness (QED) is 0.731. The molecule has 0 spiro atoms. The lowest BCUT2D eigenvalue weighted by atomic mass is 10.3. The van der Waals surface area contributed by atoms with Crippen LogP contribution in [0.1, 0.15) is 5.69 Å². The molecule has 0 saturated carbocycles. The smallest absolute Gasteiger partial charge is 0.240 e. The topological polar surface area (TPSA) is 64.0 Å². The lowest BCUT2D eigenvalue weighted by Crippen LogP contribution is -2.24. The highest BCUT2D eigenvalue weighted by atomic mass is 35.5. The fourth-order valence-electron chi connectivity index (χ4n) is 2.11. The highest BCUT2D eigenvalue weighted by molar-refractivity contribution is 7.89. The number of aryl methyl sites for hydroxylation is 1. The SMILES string of the molecule is Cn1nc(-c2cccs2)cc1CNS(=O)(=O)c1ccc(F)c(Cl)c1. The Balaban J connectivity index is 1.78. The van der Waals surface area contributed by atoms with Gasteiger partial charge in [0.2, 0.25) is 10.0 Å². The number of thiophene rings is 1. The van der Waals surface area contributed by atoms with Crippen LogP contribution < -0.4 is 4.72 Å². The summed E-state index contributed by atoms with van der Waals surface area (Å²) in [7, 11) is -2.05. The summed E-state index contributed by atoms with van der Waals surface area (Å²) in [4.78, 5) is 0.916. The zero-order valence-electron chi connectivity index (χ0n) is 12.5. The van der Waals surface area contributed by atoms with Crippen molar-refractivity contribution in [3.8, 4) is 10.6 Å². The molecule has 0 aliphatic rings. The van der Waals surface area contributed by atoms with E-state index >= 15 is 0 Å². The summed E-state index contributed by atoms with van der Waals surface area (Å²) in [6.07, 6.45) is 0. The van der Waals surface area contributed by atoms with Gasteiger partial charge in [0, 0.05) is 7.05 Å². The molecule has 0 saturated heterocycles. The Morgan fingerprint density at radius 3 is 2.79 bits per heavy atom. The zero-order valence-corrected chi connectivity index (χ0v) is 14.9. The Morgan fingerprint density at radius 1 is 1.33 bits per heavy atom. The molecular formula is C15H13ClFN3O2S2. The van der Waals surface area contributed by atoms with E-state index in [4.69, 9.17) is 11.6 Å². The first-order chi connectivity index (χ1) is 11.4. The van der Waals surface area contributed by atoms with Crippen molar-refractivity contribution in [3.63, 3.8) is 0 Å². The normalized spacial score (nSPS) is 11.8. The molecule has 1 aromatic carbocycles. The zero-order chi connectivity index (χ0) is 17.3. The highest BCUT2D eigenvalue weighted by Crippen LogP contribution is 2.24. The molecule has 0 atom stereocenters. The van der Waals surface area contributed by atoms with Crippen LogP contribution in [0.5, 0.6) is 0 Å². The minimum Gasteiger partial charge on any atom is -0.271 e. The van der Waals surface area contributed by atoms with Crippen LogP contribution in [-0.4, -0.2) is 18.2 Å². The number of aromatic nitrogens is 2. The predicted molar refractivity (Wildman–Crippen MR) is 92.0 cm³/mol. The van der Waals surface area contributed by atoms with Crippen molar-refractivity contribution in [2.75, 3.05) is 0 Å². The van der Waals surface area contributed by atoms with Gasteiger partial charge >= 0.3 is 0 Å². The summed E-state index contributed by atoms with van der Waals surface area (Å²) >= 11 is 7.20. The number of benzene rings is 1. The molecular weight excluding hydrogens is 373 g/mol. The number of sulfonamides is 1. The average Bonchev–Trinajstić information content (AvgIpc) is 3.17. The number of rotatable bonds is 5. The lowest BCUT2D eigenvalue weighted by molar-refractivity contribution is 0.576. The molecule has 0 aliphatic carbocycles. The van der Waals surface area contributed by atoms with Crippen LogP contribution in [0.15, 0.2) is 46.7 Å². The van der Waals surface area contributed by atoms with Crippen molar-refractivity contribution >= 4 is 33.0 Å². The third-order valence-corrected chi connectivity index (χ3v) is 5.98. The molecule has 2 aromatic heterocycles. The predicted octanol–water partition coefficient (Wildman–Crippen LogP) is 3.42. The Morgan fingerprint density at radius 2 is 2.12 bits per heavy atom. The summed E-state index contributed by atoms with van der Waals surface area (Å²) in [6.45, 7) is 0.0617. The molecule has 0 radical (unpaired) electrons. The number of hydrogen-bond donors (Lipinski definition) is 1. The van der Waals surface area contributed by atoms with Gasteiger partial charge in [-0.2, -0.15) is 5.10 Å². The van der Waals surface area contributed by atoms with Crippen molar-refractivity contribution in [1.29, 1.82) is 0 Å². The minimum absolute atomic E-state index is 0.0617. The monoisotopic (exact) mass is 385 g/mol. The molecule has 9 heteroatoms. The van der Waals surface area contributed by atoms with E-state index in [0.717, 1.165) is 22.7 Å². The molecule has 3 rings (SSSR count). The first-order valence-corrected chi connectivity index (χ1v) is 9.62. The van der Waals surface area contributed by atoms with E-state index < -0.39 is 15.8 Å². The van der Waals surface area contributed by atoms with Crippen molar-refractivity contribution in [1.82, 2.24) is 14.5 Å². The van der Waals surface area contributed by atoms with Gasteiger partial charge < -0.3 is 0 Å². The average molecular weight is 386 g/mol. The van der Waals surface area contributed by atoms with Gasteiger partial charge in [0.1, 0.15) is 11.5 Å². The van der Waals surface area contributed by atoms with Gasteiger partial charge in [-0.1, -0.05) is 17.7 Å². The van der Waals surface area contributed by atoms with Gasteiger partial charge in [0.05, 0.1) is 27.0 Å². The Hall–Kier alpha value is -1.74. The van der Waals surface area contributed by atoms with Crippen LogP contribution in [0.25, 0.3) is 10.6 Å². The fraction of sp³-hybridized carbons (Fsp3) is 0.133. The summed E-state index contributed by atoms with van der Waals surface area (Å²) in [6, 6.07) is 8.97. The number of halogens is 2. The van der Waals surface area contributed by atoms with Crippen LogP contribution in [-0.2, 0) is 23.6 Å². The Bertz CT molecular complexity index is 969. The largest absolute Gasteiger partial charge is 0.271 e. The Labute approximate surface area is 147 Å². The molecule has 0 fully saturated rings. The van der Waals surface area contributed by atoms with Gasteiger partial charge in [0.15, 0.2) is 0 Å². The van der Waals surface area contributed by atoms with Crippen LogP contribution >= 0.6 is 22.9 Å². The number of nitrogens with one attached hydrogen (secondary N) is 1. The molecule has 0 unspecified atom stereocenters. The minimum atomic E-state index is -3.80. The van der Waals surface area contributed by atoms with Gasteiger partial charge in [-0.05, 0) is 35.7 Å². The lowest BCUT2D eigenvalue weighted by Gasteiger charge is -2.07. The molecule has 2 heterocycles. The third-order valence-electron chi connectivity index (χ3n) is 3.40. The Kier molecular flexibility index (Phi) is 4.73. The second-order valence-electron chi connectivity index (χ2n) is 5.02. The van der Waals surface area contributed by atoms with E-state index in [2.05, 4.69) is 9.82 Å². The maximum absolute atomic E-state index is 13.2. The molecule has 24 heavy (non-hydrogen) atoms. The van der Waals surface area contributed by atoms with Gasteiger partial charge in [-0.3, -0.25) is 4.68 Å². The highest BCUT2D eigenvalue weighted by Gasteiger charge is 2.17. The summed E-state index contributed by atoms with van der Waals surface area (Å²) in [5.41, 5.74) is 1.49. The van der Waals surface area contributed by atoms with Gasteiger partial charge in [0.25, 0.3) is 0 Å². The molecule has 5 nitrogen and oxygen atoms in total. The van der Waals surface area contributed by atoms with Gasteiger partial charge in [-0.25, -0.2) is 17.5 Å². The summed E-state index contributed by atoms with van der Waals surface area (Å²) in [5.74, 6) is -0.664. The van der Waals surface area contributed by atoms with Crippen LogP contribution in [0.4, 0.5) is 4.39 Å². The molecule has 0 amide bonds. The third kappa shape index (κ3) is 3.51. The second-order valence-corrected chi connectivity index (χ2v) is 8.14. The van der Waals surface area contributed by atoms with Crippen LogP contribution in [0, 0.1) is 5.82 Å². The van der Waals surface area contributed by atoms with Crippen LogP contribution in [0.3, 0.4) is 0 Å². The van der Waals surface area contributed by atoms with Gasteiger partial charge in [-0.15, -0.1) is 11.3 Å². The number of nitrogens with zero attached hydrogens (tertiary/aromatic N) is 2. The number of hydrogen-bond acceptors (Lipinski definition) is 4. The van der Waals surface area contributed by atoms with Crippen molar-refractivity contribution in [2.45, 2.75) is 11.4 Å². The summed E-state index contributed by atoms with van der Waals surface area (Å²) in [5, 5.41) is 6.09.